The third-order valence-electron chi connectivity index (χ3n) is 7.38. The molecule has 0 aliphatic carbocycles. The minimum Gasteiger partial charge on any atom is -0.375 e. The SMILES string of the molecule is C=C(N/N=C(\C)c1cc(C)nn1CC)c1cc(C(=O)I)cc2c1cnn2CCC1CC2CCC(C1)O2.CC. The molecule has 2 unspecified atom stereocenters. The monoisotopic (exact) mass is 630 g/mol. The van der Waals surface area contributed by atoms with E-state index in [1.165, 1.54) is 12.8 Å². The third-order valence-corrected chi connectivity index (χ3v) is 8.01. The molecule has 2 bridgehead atoms. The number of carbonyl (C=O) groups excluding carboxylic acids is 1. The average Bonchev–Trinajstić information content (AvgIpc) is 3.62. The van der Waals surface area contributed by atoms with Crippen LogP contribution in [0.4, 0.5) is 0 Å². The number of carbonyl (C=O) groups is 1. The van der Waals surface area contributed by atoms with Gasteiger partial charge in [-0.1, -0.05) is 20.4 Å². The fraction of sp³-hybridized carbons (Fsp3) is 0.517. The zero-order valence-electron chi connectivity index (χ0n) is 23.1. The molecule has 2 saturated heterocycles. The molecular formula is C29H39IN6O2. The van der Waals surface area contributed by atoms with Gasteiger partial charge in [-0.05, 0) is 77.0 Å². The highest BCUT2D eigenvalue weighted by molar-refractivity contribution is 14.1. The molecule has 0 radical (unpaired) electrons. The van der Waals surface area contributed by atoms with Crippen molar-refractivity contribution in [2.45, 2.75) is 92.0 Å². The Bertz CT molecular complexity index is 1330. The number of hydrazone groups is 1. The maximum atomic E-state index is 12.4. The Morgan fingerprint density at radius 2 is 1.92 bits per heavy atom. The van der Waals surface area contributed by atoms with E-state index in [9.17, 15) is 4.79 Å². The first-order valence-electron chi connectivity index (χ1n) is 13.7. The van der Waals surface area contributed by atoms with Gasteiger partial charge < -0.3 is 4.74 Å². The first-order chi connectivity index (χ1) is 18.3. The van der Waals surface area contributed by atoms with Gasteiger partial charge >= 0.3 is 0 Å². The second kappa shape index (κ2) is 12.5. The zero-order chi connectivity index (χ0) is 27.4. The lowest BCUT2D eigenvalue weighted by Gasteiger charge is -2.28. The summed E-state index contributed by atoms with van der Waals surface area (Å²) in [6, 6.07) is 5.84. The van der Waals surface area contributed by atoms with Gasteiger partial charge in [-0.25, -0.2) is 0 Å². The van der Waals surface area contributed by atoms with Crippen LogP contribution in [0.25, 0.3) is 16.6 Å². The van der Waals surface area contributed by atoms with Crippen molar-refractivity contribution in [2.75, 3.05) is 0 Å². The first kappa shape index (κ1) is 28.5. The molecular weight excluding hydrogens is 591 g/mol. The van der Waals surface area contributed by atoms with Gasteiger partial charge in [0.05, 0.1) is 46.7 Å². The molecule has 0 spiro atoms. The van der Waals surface area contributed by atoms with Crippen LogP contribution in [-0.2, 0) is 17.8 Å². The van der Waals surface area contributed by atoms with Gasteiger partial charge in [-0.15, -0.1) is 0 Å². The summed E-state index contributed by atoms with van der Waals surface area (Å²) in [5, 5.41) is 14.7. The normalized spacial score (nSPS) is 20.8. The number of aromatic nitrogens is 4. The number of nitrogens with zero attached hydrogens (tertiary/aromatic N) is 5. The molecule has 2 atom stereocenters. The van der Waals surface area contributed by atoms with Crippen molar-refractivity contribution in [3.8, 4) is 0 Å². The number of benzene rings is 1. The van der Waals surface area contributed by atoms with Crippen molar-refractivity contribution in [1.82, 2.24) is 25.0 Å². The van der Waals surface area contributed by atoms with Crippen LogP contribution in [0.3, 0.4) is 0 Å². The van der Waals surface area contributed by atoms with E-state index in [-0.39, 0.29) is 3.79 Å². The Labute approximate surface area is 239 Å². The highest BCUT2D eigenvalue weighted by Crippen LogP contribution is 2.37. The maximum absolute atomic E-state index is 12.4. The second-order valence-corrected chi connectivity index (χ2v) is 10.9. The molecule has 2 aromatic heterocycles. The number of fused-ring (bicyclic) bond motifs is 3. The van der Waals surface area contributed by atoms with Crippen molar-refractivity contribution in [2.24, 2.45) is 11.0 Å². The molecule has 5 rings (SSSR count). The van der Waals surface area contributed by atoms with Crippen LogP contribution in [0.15, 0.2) is 36.1 Å². The number of halogens is 1. The van der Waals surface area contributed by atoms with Crippen LogP contribution in [0.5, 0.6) is 0 Å². The number of hydrogen-bond donors (Lipinski definition) is 1. The predicted octanol–water partition coefficient (Wildman–Crippen LogP) is 6.49. The highest BCUT2D eigenvalue weighted by atomic mass is 127. The van der Waals surface area contributed by atoms with E-state index < -0.39 is 0 Å². The van der Waals surface area contributed by atoms with E-state index in [2.05, 4.69) is 29.1 Å². The van der Waals surface area contributed by atoms with Gasteiger partial charge in [-0.2, -0.15) is 15.3 Å². The zero-order valence-corrected chi connectivity index (χ0v) is 25.3. The molecule has 4 heterocycles. The van der Waals surface area contributed by atoms with Crippen LogP contribution in [-0.4, -0.2) is 41.3 Å². The Morgan fingerprint density at radius 1 is 1.21 bits per heavy atom. The van der Waals surface area contributed by atoms with E-state index in [0.717, 1.165) is 65.9 Å². The van der Waals surface area contributed by atoms with Crippen LogP contribution in [0, 0.1) is 12.8 Å². The lowest BCUT2D eigenvalue weighted by Crippen LogP contribution is -2.25. The summed E-state index contributed by atoms with van der Waals surface area (Å²) in [7, 11) is 0. The molecule has 0 saturated carbocycles. The Morgan fingerprint density at radius 3 is 2.58 bits per heavy atom. The van der Waals surface area contributed by atoms with Gasteiger partial charge in [0.25, 0.3) is 0 Å². The topological polar surface area (TPSA) is 86.3 Å². The predicted molar refractivity (Wildman–Crippen MR) is 162 cm³/mol. The first-order valence-corrected chi connectivity index (χ1v) is 14.8. The van der Waals surface area contributed by atoms with E-state index in [4.69, 9.17) is 9.84 Å². The minimum atomic E-state index is -0.0145. The average molecular weight is 631 g/mol. The molecule has 8 nitrogen and oxygen atoms in total. The molecule has 0 amide bonds. The van der Waals surface area contributed by atoms with Crippen LogP contribution < -0.4 is 5.43 Å². The van der Waals surface area contributed by atoms with Crippen molar-refractivity contribution in [1.29, 1.82) is 0 Å². The molecule has 1 N–H and O–H groups in total. The maximum Gasteiger partial charge on any atom is 0.222 e. The van der Waals surface area contributed by atoms with Gasteiger partial charge in [0.2, 0.25) is 3.79 Å². The molecule has 38 heavy (non-hydrogen) atoms. The summed E-state index contributed by atoms with van der Waals surface area (Å²) in [5.41, 5.74) is 8.89. The molecule has 204 valence electrons. The summed E-state index contributed by atoms with van der Waals surface area (Å²) in [6.45, 7) is 15.8. The van der Waals surface area contributed by atoms with Gasteiger partial charge in [0.1, 0.15) is 0 Å². The van der Waals surface area contributed by atoms with Crippen LogP contribution in [0.1, 0.15) is 87.1 Å². The van der Waals surface area contributed by atoms with E-state index in [1.807, 2.05) is 84.0 Å². The lowest BCUT2D eigenvalue weighted by molar-refractivity contribution is -0.0216. The number of rotatable bonds is 9. The number of hydrogen-bond acceptors (Lipinski definition) is 6. The lowest BCUT2D eigenvalue weighted by atomic mass is 9.92. The largest absolute Gasteiger partial charge is 0.375 e. The van der Waals surface area contributed by atoms with Crippen molar-refractivity contribution in [3.63, 3.8) is 0 Å². The van der Waals surface area contributed by atoms with Crippen LogP contribution in [0.2, 0.25) is 0 Å². The molecule has 2 aliphatic heterocycles. The number of ether oxygens (including phenoxy) is 1. The molecule has 2 aliphatic rings. The second-order valence-electron chi connectivity index (χ2n) is 9.96. The minimum absolute atomic E-state index is 0.0145. The fourth-order valence-electron chi connectivity index (χ4n) is 5.57. The van der Waals surface area contributed by atoms with E-state index in [1.54, 1.807) is 0 Å². The Kier molecular flexibility index (Phi) is 9.40. The summed E-state index contributed by atoms with van der Waals surface area (Å²) in [5.74, 6) is 0.665. The number of nitrogens with one attached hydrogen (secondary N) is 1. The summed E-state index contributed by atoms with van der Waals surface area (Å²) >= 11 is 1.84. The van der Waals surface area contributed by atoms with Crippen LogP contribution >= 0.6 is 22.6 Å². The Balaban J connectivity index is 0.00000164. The summed E-state index contributed by atoms with van der Waals surface area (Å²) in [4.78, 5) is 12.4. The third kappa shape index (κ3) is 6.20. The smallest absolute Gasteiger partial charge is 0.222 e. The number of aryl methyl sites for hydroxylation is 3. The van der Waals surface area contributed by atoms with Gasteiger partial charge in [0, 0.05) is 52.2 Å². The quantitative estimate of drug-likeness (QED) is 0.126. The van der Waals surface area contributed by atoms with Gasteiger partial charge in [0.15, 0.2) is 0 Å². The molecule has 2 fully saturated rings. The summed E-state index contributed by atoms with van der Waals surface area (Å²) < 4.78 is 9.96. The molecule has 3 aromatic rings. The molecule has 9 heteroatoms. The van der Waals surface area contributed by atoms with E-state index in [0.29, 0.717) is 29.4 Å². The fourth-order valence-corrected chi connectivity index (χ4v) is 5.88. The highest BCUT2D eigenvalue weighted by Gasteiger charge is 2.34. The van der Waals surface area contributed by atoms with Crippen molar-refractivity contribution < 1.29 is 9.53 Å². The summed E-state index contributed by atoms with van der Waals surface area (Å²) in [6.07, 6.45) is 8.52. The Hall–Kier alpha value is -2.53. The standard InChI is InChI=1S/C27H33IN6O2.C2H6/c1-5-33-25(10-16(2)32-33)18(4)31-30-17(3)23-13-20(27(28)35)14-26-24(23)15-29-34(26)9-8-19-11-21-6-7-22(12-19)36-21;1-2/h10,13-15,19,21-22,30H,3,5-9,11-12H2,1-2,4H3;1-2H3/b31-18+;. The van der Waals surface area contributed by atoms with E-state index >= 15 is 0 Å². The molecule has 1 aromatic carbocycles. The van der Waals surface area contributed by atoms with Crippen molar-refractivity contribution in [3.05, 3.63) is 53.5 Å². The van der Waals surface area contributed by atoms with Gasteiger partial charge in [-0.3, -0.25) is 19.6 Å². The van der Waals surface area contributed by atoms with Crippen molar-refractivity contribution >= 4 is 48.7 Å².